The van der Waals surface area contributed by atoms with Crippen molar-refractivity contribution in [3.8, 4) is 0 Å². The third kappa shape index (κ3) is 2.09. The van der Waals surface area contributed by atoms with E-state index in [1.54, 1.807) is 18.3 Å². The number of rotatable bonds is 3. The molecule has 0 aliphatic heterocycles. The number of nitrogens with zero attached hydrogens (tertiary/aromatic N) is 1. The molecule has 0 bridgehead atoms. The van der Waals surface area contributed by atoms with Crippen LogP contribution in [0.1, 0.15) is 23.2 Å². The Hall–Kier alpha value is -2.62. The van der Waals surface area contributed by atoms with Gasteiger partial charge in [0, 0.05) is 34.9 Å². The molecule has 104 valence electrons. The minimum Gasteiger partial charge on any atom is -0.478 e. The topological polar surface area (TPSA) is 62.2 Å². The van der Waals surface area contributed by atoms with Gasteiger partial charge in [0.05, 0.1) is 5.56 Å². The van der Waals surface area contributed by atoms with Crippen molar-refractivity contribution in [2.45, 2.75) is 18.9 Å². The van der Waals surface area contributed by atoms with Crippen molar-refractivity contribution in [2.24, 2.45) is 0 Å². The van der Waals surface area contributed by atoms with Crippen molar-refractivity contribution in [3.63, 3.8) is 0 Å². The molecule has 1 aromatic heterocycles. The van der Waals surface area contributed by atoms with E-state index in [-0.39, 0.29) is 0 Å². The van der Waals surface area contributed by atoms with Crippen molar-refractivity contribution >= 4 is 33.2 Å². The normalized spacial score (nSPS) is 14.5. The summed E-state index contributed by atoms with van der Waals surface area (Å²) in [5.74, 6) is -0.903. The fourth-order valence-corrected chi connectivity index (χ4v) is 2.70. The number of anilines is 1. The maximum absolute atomic E-state index is 11.2. The summed E-state index contributed by atoms with van der Waals surface area (Å²) < 4.78 is 0. The summed E-state index contributed by atoms with van der Waals surface area (Å²) in [4.78, 5) is 15.4. The second kappa shape index (κ2) is 4.45. The predicted octanol–water partition coefficient (Wildman–Crippen LogP) is 3.66. The standard InChI is InChI=1S/C17H14N2O2/c20-17(21)10-1-4-13-11(7-10)8-16(19-12-2-3-12)14-5-6-18-9-15(13)14/h1,4-9,12,19H,2-3H2,(H,20,21). The van der Waals surface area contributed by atoms with Gasteiger partial charge in [-0.15, -0.1) is 0 Å². The van der Waals surface area contributed by atoms with E-state index < -0.39 is 5.97 Å². The second-order valence-corrected chi connectivity index (χ2v) is 5.51. The van der Waals surface area contributed by atoms with Gasteiger partial charge >= 0.3 is 5.97 Å². The zero-order valence-corrected chi connectivity index (χ0v) is 11.3. The van der Waals surface area contributed by atoms with Crippen LogP contribution >= 0.6 is 0 Å². The van der Waals surface area contributed by atoms with E-state index >= 15 is 0 Å². The summed E-state index contributed by atoms with van der Waals surface area (Å²) in [6.07, 6.45) is 6.02. The molecular weight excluding hydrogens is 264 g/mol. The van der Waals surface area contributed by atoms with E-state index in [9.17, 15) is 4.79 Å². The van der Waals surface area contributed by atoms with Crippen LogP contribution in [0.2, 0.25) is 0 Å². The Kier molecular flexibility index (Phi) is 2.57. The Balaban J connectivity index is 2.02. The van der Waals surface area contributed by atoms with Crippen molar-refractivity contribution in [1.29, 1.82) is 0 Å². The Bertz CT molecular complexity index is 869. The SMILES string of the molecule is O=C(O)c1ccc2c(c1)cc(NC1CC1)c1ccncc12. The quantitative estimate of drug-likeness (QED) is 0.718. The highest BCUT2D eigenvalue weighted by Gasteiger charge is 2.22. The smallest absolute Gasteiger partial charge is 0.335 e. The fraction of sp³-hybridized carbons (Fsp3) is 0.176. The number of benzene rings is 2. The van der Waals surface area contributed by atoms with Gasteiger partial charge < -0.3 is 10.4 Å². The molecule has 21 heavy (non-hydrogen) atoms. The van der Waals surface area contributed by atoms with Crippen molar-refractivity contribution in [1.82, 2.24) is 4.98 Å². The van der Waals surface area contributed by atoms with Gasteiger partial charge in [0.1, 0.15) is 0 Å². The molecule has 0 unspecified atom stereocenters. The van der Waals surface area contributed by atoms with E-state index in [4.69, 9.17) is 5.11 Å². The number of pyridine rings is 1. The van der Waals surface area contributed by atoms with Crippen LogP contribution in [-0.4, -0.2) is 22.1 Å². The number of aromatic carboxylic acids is 1. The van der Waals surface area contributed by atoms with Crippen LogP contribution in [0.25, 0.3) is 21.5 Å². The van der Waals surface area contributed by atoms with Gasteiger partial charge in [-0.1, -0.05) is 6.07 Å². The number of aromatic nitrogens is 1. The van der Waals surface area contributed by atoms with Crippen LogP contribution in [0.3, 0.4) is 0 Å². The van der Waals surface area contributed by atoms with Crippen molar-refractivity contribution in [2.75, 3.05) is 5.32 Å². The van der Waals surface area contributed by atoms with E-state index in [2.05, 4.69) is 10.3 Å². The van der Waals surface area contributed by atoms with Crippen LogP contribution < -0.4 is 5.32 Å². The maximum Gasteiger partial charge on any atom is 0.335 e. The summed E-state index contributed by atoms with van der Waals surface area (Å²) in [6, 6.07) is 9.82. The lowest BCUT2D eigenvalue weighted by molar-refractivity contribution is 0.0697. The predicted molar refractivity (Wildman–Crippen MR) is 82.9 cm³/mol. The summed E-state index contributed by atoms with van der Waals surface area (Å²) in [7, 11) is 0. The number of carbonyl (C=O) groups is 1. The molecule has 4 heteroatoms. The van der Waals surface area contributed by atoms with Gasteiger partial charge in [-0.05, 0) is 47.9 Å². The molecule has 1 saturated carbocycles. The summed E-state index contributed by atoms with van der Waals surface area (Å²) >= 11 is 0. The number of fused-ring (bicyclic) bond motifs is 3. The molecule has 3 aromatic rings. The van der Waals surface area contributed by atoms with Crippen molar-refractivity contribution < 1.29 is 9.90 Å². The van der Waals surface area contributed by atoms with Crippen LogP contribution in [0, 0.1) is 0 Å². The Morgan fingerprint density at radius 1 is 1.14 bits per heavy atom. The summed E-state index contributed by atoms with van der Waals surface area (Å²) in [5, 5.41) is 16.8. The molecule has 1 aliphatic rings. The largest absolute Gasteiger partial charge is 0.478 e. The number of hydrogen-bond donors (Lipinski definition) is 2. The third-order valence-corrected chi connectivity index (χ3v) is 3.94. The molecule has 2 aromatic carbocycles. The number of hydrogen-bond acceptors (Lipinski definition) is 3. The first-order valence-electron chi connectivity index (χ1n) is 7.03. The Morgan fingerprint density at radius 2 is 2.00 bits per heavy atom. The Labute approximate surface area is 121 Å². The average Bonchev–Trinajstić information content (AvgIpc) is 3.31. The highest BCUT2D eigenvalue weighted by Crippen LogP contribution is 2.34. The molecule has 1 heterocycles. The highest BCUT2D eigenvalue weighted by molar-refractivity contribution is 6.13. The zero-order valence-electron chi connectivity index (χ0n) is 11.3. The average molecular weight is 278 g/mol. The Morgan fingerprint density at radius 3 is 2.76 bits per heavy atom. The number of nitrogens with one attached hydrogen (secondary N) is 1. The molecule has 0 spiro atoms. The molecule has 4 rings (SSSR count). The highest BCUT2D eigenvalue weighted by atomic mass is 16.4. The fourth-order valence-electron chi connectivity index (χ4n) is 2.70. The van der Waals surface area contributed by atoms with E-state index in [0.717, 1.165) is 27.2 Å². The van der Waals surface area contributed by atoms with E-state index in [1.807, 2.05) is 24.4 Å². The lowest BCUT2D eigenvalue weighted by Gasteiger charge is -2.12. The van der Waals surface area contributed by atoms with Gasteiger partial charge in [0.2, 0.25) is 0 Å². The molecule has 0 amide bonds. The zero-order chi connectivity index (χ0) is 14.4. The van der Waals surface area contributed by atoms with E-state index in [1.165, 1.54) is 12.8 Å². The summed E-state index contributed by atoms with van der Waals surface area (Å²) in [6.45, 7) is 0. The first-order chi connectivity index (χ1) is 10.2. The first-order valence-corrected chi connectivity index (χ1v) is 7.03. The van der Waals surface area contributed by atoms with Crippen molar-refractivity contribution in [3.05, 3.63) is 48.3 Å². The minimum absolute atomic E-state index is 0.308. The number of carboxylic acids is 1. The van der Waals surface area contributed by atoms with Gasteiger partial charge in [-0.3, -0.25) is 4.98 Å². The maximum atomic E-state index is 11.2. The van der Waals surface area contributed by atoms with Crippen LogP contribution in [0.5, 0.6) is 0 Å². The molecule has 4 nitrogen and oxygen atoms in total. The molecule has 0 atom stereocenters. The first kappa shape index (κ1) is 12.1. The monoisotopic (exact) mass is 278 g/mol. The lowest BCUT2D eigenvalue weighted by atomic mass is 10.00. The molecule has 1 aliphatic carbocycles. The minimum atomic E-state index is -0.903. The summed E-state index contributed by atoms with van der Waals surface area (Å²) in [5.41, 5.74) is 1.37. The number of carboxylic acid groups (broad SMARTS) is 1. The van der Waals surface area contributed by atoms with Gasteiger partial charge in [-0.25, -0.2) is 4.79 Å². The second-order valence-electron chi connectivity index (χ2n) is 5.51. The molecule has 0 saturated heterocycles. The van der Waals surface area contributed by atoms with Crippen LogP contribution in [0.4, 0.5) is 5.69 Å². The molecule has 1 fully saturated rings. The van der Waals surface area contributed by atoms with Gasteiger partial charge in [0.25, 0.3) is 0 Å². The molecule has 2 N–H and O–H groups in total. The van der Waals surface area contributed by atoms with Crippen LogP contribution in [0.15, 0.2) is 42.7 Å². The van der Waals surface area contributed by atoms with E-state index in [0.29, 0.717) is 11.6 Å². The lowest BCUT2D eigenvalue weighted by Crippen LogP contribution is -2.02. The molecular formula is C17H14N2O2. The van der Waals surface area contributed by atoms with Gasteiger partial charge in [-0.2, -0.15) is 0 Å². The third-order valence-electron chi connectivity index (χ3n) is 3.94. The van der Waals surface area contributed by atoms with Crippen LogP contribution in [-0.2, 0) is 0 Å². The van der Waals surface area contributed by atoms with Gasteiger partial charge in [0.15, 0.2) is 0 Å². The molecule has 0 radical (unpaired) electrons.